The summed E-state index contributed by atoms with van der Waals surface area (Å²) in [4.78, 5) is 8.40. The van der Waals surface area contributed by atoms with E-state index in [2.05, 4.69) is 15.3 Å². The molecule has 2 aromatic heterocycles. The molecular formula is C14H18N4O2S. The quantitative estimate of drug-likeness (QED) is 0.879. The number of aromatic nitrogens is 2. The molecule has 0 saturated heterocycles. The van der Waals surface area contributed by atoms with Crippen molar-refractivity contribution in [1.82, 2.24) is 14.3 Å². The Morgan fingerprint density at radius 3 is 2.52 bits per heavy atom. The first-order valence-electron chi connectivity index (χ1n) is 6.61. The fourth-order valence-electron chi connectivity index (χ4n) is 1.87. The van der Waals surface area contributed by atoms with Crippen molar-refractivity contribution < 1.29 is 8.42 Å². The lowest BCUT2D eigenvalue weighted by Gasteiger charge is -2.20. The molecule has 2 aromatic rings. The van der Waals surface area contributed by atoms with Gasteiger partial charge in [-0.05, 0) is 24.3 Å². The average Bonchev–Trinajstić information content (AvgIpc) is 2.53. The van der Waals surface area contributed by atoms with E-state index in [-0.39, 0.29) is 11.4 Å². The summed E-state index contributed by atoms with van der Waals surface area (Å²) < 4.78 is 26.6. The van der Waals surface area contributed by atoms with Crippen LogP contribution in [0.3, 0.4) is 0 Å². The largest absolute Gasteiger partial charge is 0.373 e. The van der Waals surface area contributed by atoms with Crippen LogP contribution < -0.4 is 5.32 Å². The second-order valence-electron chi connectivity index (χ2n) is 4.38. The smallest absolute Gasteiger partial charge is 0.244 e. The lowest BCUT2D eigenvalue weighted by atomic mass is 10.3. The highest BCUT2D eigenvalue weighted by molar-refractivity contribution is 7.89. The Morgan fingerprint density at radius 2 is 2.00 bits per heavy atom. The number of nitrogens with zero attached hydrogens (tertiary/aromatic N) is 3. The first-order valence-corrected chi connectivity index (χ1v) is 8.05. The summed E-state index contributed by atoms with van der Waals surface area (Å²) in [5, 5.41) is 2.86. The molecule has 0 aliphatic rings. The van der Waals surface area contributed by atoms with E-state index in [1.54, 1.807) is 44.4 Å². The maximum absolute atomic E-state index is 12.6. The SMILES string of the molecule is CCN(Cc1ccccn1)S(=O)(=O)c1ccc(NC)nc1. The molecule has 0 amide bonds. The minimum absolute atomic E-state index is 0.180. The van der Waals surface area contributed by atoms with E-state index in [9.17, 15) is 8.42 Å². The van der Waals surface area contributed by atoms with E-state index in [0.717, 1.165) is 0 Å². The van der Waals surface area contributed by atoms with Gasteiger partial charge in [0.15, 0.2) is 0 Å². The second kappa shape index (κ2) is 6.64. The van der Waals surface area contributed by atoms with E-state index in [4.69, 9.17) is 0 Å². The Kier molecular flexibility index (Phi) is 4.87. The van der Waals surface area contributed by atoms with Crippen molar-refractivity contribution >= 4 is 15.8 Å². The van der Waals surface area contributed by atoms with Gasteiger partial charge in [0.25, 0.3) is 0 Å². The van der Waals surface area contributed by atoms with Crippen molar-refractivity contribution in [2.75, 3.05) is 18.9 Å². The van der Waals surface area contributed by atoms with Gasteiger partial charge >= 0.3 is 0 Å². The molecule has 2 heterocycles. The summed E-state index contributed by atoms with van der Waals surface area (Å²) in [5.41, 5.74) is 0.711. The first kappa shape index (κ1) is 15.4. The van der Waals surface area contributed by atoms with Gasteiger partial charge in [-0.1, -0.05) is 13.0 Å². The monoisotopic (exact) mass is 306 g/mol. The highest BCUT2D eigenvalue weighted by atomic mass is 32.2. The van der Waals surface area contributed by atoms with Crippen molar-refractivity contribution in [2.45, 2.75) is 18.4 Å². The van der Waals surface area contributed by atoms with E-state index in [1.165, 1.54) is 10.5 Å². The zero-order chi connectivity index (χ0) is 15.3. The number of sulfonamides is 1. The van der Waals surface area contributed by atoms with Crippen LogP contribution >= 0.6 is 0 Å². The third-order valence-electron chi connectivity index (χ3n) is 3.05. The molecule has 0 aliphatic heterocycles. The minimum atomic E-state index is -3.57. The highest BCUT2D eigenvalue weighted by Crippen LogP contribution is 2.18. The Bertz CT molecular complexity index is 672. The molecule has 2 rings (SSSR count). The molecule has 0 bridgehead atoms. The fourth-order valence-corrected chi connectivity index (χ4v) is 3.24. The standard InChI is InChI=1S/C14H18N4O2S/c1-3-18(11-12-6-4-5-9-16-12)21(19,20)13-7-8-14(15-2)17-10-13/h4-10H,3,11H2,1-2H3,(H,15,17). The number of rotatable bonds is 6. The number of anilines is 1. The molecule has 21 heavy (non-hydrogen) atoms. The van der Waals surface area contributed by atoms with Gasteiger partial charge in [-0.15, -0.1) is 0 Å². The molecule has 1 N–H and O–H groups in total. The second-order valence-corrected chi connectivity index (χ2v) is 6.32. The normalized spacial score (nSPS) is 11.6. The van der Waals surface area contributed by atoms with Gasteiger partial charge in [-0.25, -0.2) is 13.4 Å². The maximum Gasteiger partial charge on any atom is 0.244 e. The van der Waals surface area contributed by atoms with Crippen LogP contribution in [0.4, 0.5) is 5.82 Å². The van der Waals surface area contributed by atoms with Gasteiger partial charge in [0, 0.05) is 26.0 Å². The summed E-state index contributed by atoms with van der Waals surface area (Å²) in [5.74, 6) is 0.627. The molecule has 0 unspecified atom stereocenters. The predicted molar refractivity (Wildman–Crippen MR) is 81.3 cm³/mol. The summed E-state index contributed by atoms with van der Waals surface area (Å²) in [7, 11) is -1.84. The fraction of sp³-hybridized carbons (Fsp3) is 0.286. The van der Waals surface area contributed by atoms with Crippen molar-refractivity contribution in [3.63, 3.8) is 0 Å². The molecule has 0 radical (unpaired) electrons. The lowest BCUT2D eigenvalue weighted by molar-refractivity contribution is 0.419. The molecule has 7 heteroatoms. The third-order valence-corrected chi connectivity index (χ3v) is 4.95. The lowest BCUT2D eigenvalue weighted by Crippen LogP contribution is -2.30. The Balaban J connectivity index is 2.26. The van der Waals surface area contributed by atoms with Gasteiger partial charge in [0.2, 0.25) is 10.0 Å². The highest BCUT2D eigenvalue weighted by Gasteiger charge is 2.23. The topological polar surface area (TPSA) is 75.2 Å². The van der Waals surface area contributed by atoms with Crippen LogP contribution in [0.25, 0.3) is 0 Å². The molecular weight excluding hydrogens is 288 g/mol. The minimum Gasteiger partial charge on any atom is -0.373 e. The van der Waals surface area contributed by atoms with Crippen molar-refractivity contribution in [3.05, 3.63) is 48.4 Å². The van der Waals surface area contributed by atoms with E-state index in [1.807, 2.05) is 6.07 Å². The molecule has 0 saturated carbocycles. The van der Waals surface area contributed by atoms with Gasteiger partial charge in [-0.2, -0.15) is 4.31 Å². The molecule has 6 nitrogen and oxygen atoms in total. The zero-order valence-electron chi connectivity index (χ0n) is 12.0. The zero-order valence-corrected chi connectivity index (χ0v) is 12.8. The number of pyridine rings is 2. The molecule has 0 aromatic carbocycles. The Hall–Kier alpha value is -1.99. The molecule has 0 fully saturated rings. The van der Waals surface area contributed by atoms with Gasteiger partial charge in [0.05, 0.1) is 12.2 Å². The van der Waals surface area contributed by atoms with E-state index in [0.29, 0.717) is 18.1 Å². The maximum atomic E-state index is 12.6. The first-order chi connectivity index (χ1) is 10.1. The average molecular weight is 306 g/mol. The summed E-state index contributed by atoms with van der Waals surface area (Å²) in [6.07, 6.45) is 3.02. The van der Waals surface area contributed by atoms with Crippen LogP contribution in [0.5, 0.6) is 0 Å². The molecule has 0 aliphatic carbocycles. The van der Waals surface area contributed by atoms with Gasteiger partial charge in [-0.3, -0.25) is 4.98 Å². The van der Waals surface area contributed by atoms with Crippen LogP contribution in [0.1, 0.15) is 12.6 Å². The third kappa shape index (κ3) is 3.56. The van der Waals surface area contributed by atoms with Crippen LogP contribution in [0.2, 0.25) is 0 Å². The van der Waals surface area contributed by atoms with Crippen LogP contribution in [-0.4, -0.2) is 36.3 Å². The van der Waals surface area contributed by atoms with Gasteiger partial charge < -0.3 is 5.32 Å². The van der Waals surface area contributed by atoms with Crippen molar-refractivity contribution in [1.29, 1.82) is 0 Å². The number of hydrogen-bond acceptors (Lipinski definition) is 5. The van der Waals surface area contributed by atoms with Crippen LogP contribution in [-0.2, 0) is 16.6 Å². The van der Waals surface area contributed by atoms with Crippen molar-refractivity contribution in [3.8, 4) is 0 Å². The van der Waals surface area contributed by atoms with Crippen LogP contribution in [0.15, 0.2) is 47.6 Å². The van der Waals surface area contributed by atoms with Gasteiger partial charge in [0.1, 0.15) is 10.7 Å². The van der Waals surface area contributed by atoms with Crippen molar-refractivity contribution in [2.24, 2.45) is 0 Å². The number of nitrogens with one attached hydrogen (secondary N) is 1. The van der Waals surface area contributed by atoms with E-state index < -0.39 is 10.0 Å². The Labute approximate surface area is 124 Å². The summed E-state index contributed by atoms with van der Waals surface area (Å²) >= 11 is 0. The van der Waals surface area contributed by atoms with E-state index >= 15 is 0 Å². The summed E-state index contributed by atoms with van der Waals surface area (Å²) in [6.45, 7) is 2.41. The molecule has 0 spiro atoms. The Morgan fingerprint density at radius 1 is 1.19 bits per heavy atom. The summed E-state index contributed by atoms with van der Waals surface area (Å²) in [6, 6.07) is 8.64. The predicted octanol–water partition coefficient (Wildman–Crippen LogP) is 1.73. The number of hydrogen-bond donors (Lipinski definition) is 1. The molecule has 0 atom stereocenters. The molecule has 112 valence electrons. The van der Waals surface area contributed by atoms with Crippen LogP contribution in [0, 0.1) is 0 Å².